The van der Waals surface area contributed by atoms with Gasteiger partial charge < -0.3 is 5.73 Å². The Balaban J connectivity index is 2.28. The first kappa shape index (κ1) is 11.5. The van der Waals surface area contributed by atoms with E-state index in [1.807, 2.05) is 11.3 Å². The molecule has 1 nitrogen and oxygen atoms in total. The van der Waals surface area contributed by atoms with Crippen molar-refractivity contribution in [3.05, 3.63) is 14.2 Å². The second-order valence-electron chi connectivity index (χ2n) is 5.50. The zero-order valence-corrected chi connectivity index (χ0v) is 12.0. The van der Waals surface area contributed by atoms with Crippen molar-refractivity contribution in [2.45, 2.75) is 40.0 Å². The van der Waals surface area contributed by atoms with E-state index in [4.69, 9.17) is 5.73 Å². The second-order valence-corrected chi connectivity index (χ2v) is 7.92. The van der Waals surface area contributed by atoms with Gasteiger partial charge in [0.25, 0.3) is 0 Å². The molecule has 0 saturated heterocycles. The lowest BCUT2D eigenvalue weighted by Gasteiger charge is -2.33. The lowest BCUT2D eigenvalue weighted by atomic mass is 9.72. The van der Waals surface area contributed by atoms with E-state index >= 15 is 0 Å². The molecule has 0 amide bonds. The molecule has 1 unspecified atom stereocenters. The predicted molar refractivity (Wildman–Crippen MR) is 71.4 cm³/mol. The monoisotopic (exact) mass is 287 g/mol. The van der Waals surface area contributed by atoms with Crippen molar-refractivity contribution in [2.24, 2.45) is 11.3 Å². The van der Waals surface area contributed by atoms with Crippen molar-refractivity contribution in [3.63, 3.8) is 0 Å². The van der Waals surface area contributed by atoms with Gasteiger partial charge >= 0.3 is 0 Å². The third kappa shape index (κ3) is 2.09. The average molecular weight is 288 g/mol. The van der Waals surface area contributed by atoms with E-state index in [1.54, 1.807) is 0 Å². The van der Waals surface area contributed by atoms with Crippen LogP contribution in [0.3, 0.4) is 0 Å². The molecule has 1 aliphatic carbocycles. The summed E-state index contributed by atoms with van der Waals surface area (Å²) < 4.78 is 1.13. The smallest absolute Gasteiger partial charge is 0.0933 e. The molecule has 0 spiro atoms. The summed E-state index contributed by atoms with van der Waals surface area (Å²) in [5, 5.41) is 0. The fourth-order valence-electron chi connectivity index (χ4n) is 2.32. The normalized spacial score (nSPS) is 21.5. The first-order chi connectivity index (χ1) is 6.89. The maximum atomic E-state index is 6.04. The van der Waals surface area contributed by atoms with Crippen LogP contribution < -0.4 is 5.73 Å². The molecule has 1 aliphatic rings. The van der Waals surface area contributed by atoms with Crippen molar-refractivity contribution in [1.29, 1.82) is 0 Å². The van der Waals surface area contributed by atoms with Gasteiger partial charge in [0.05, 0.1) is 9.47 Å². The van der Waals surface area contributed by atoms with Crippen molar-refractivity contribution < 1.29 is 0 Å². The summed E-state index contributed by atoms with van der Waals surface area (Å²) in [7, 11) is 0. The third-order valence-electron chi connectivity index (χ3n) is 3.49. The van der Waals surface area contributed by atoms with E-state index in [0.717, 1.165) is 21.8 Å². The lowest BCUT2D eigenvalue weighted by Crippen LogP contribution is -2.26. The van der Waals surface area contributed by atoms with Crippen molar-refractivity contribution in [3.8, 4) is 0 Å². The van der Waals surface area contributed by atoms with Crippen LogP contribution in [-0.2, 0) is 12.8 Å². The van der Waals surface area contributed by atoms with E-state index in [2.05, 4.69) is 36.7 Å². The second kappa shape index (κ2) is 3.77. The highest BCUT2D eigenvalue weighted by Gasteiger charge is 2.31. The molecule has 1 aromatic heterocycles. The molecule has 1 aromatic rings. The standard InChI is InChI=1S/C12H18BrNS/c1-12(2,3)7-4-5-8-9(6-7)15-11(13)10(8)14/h7H,4-6,14H2,1-3H3. The van der Waals surface area contributed by atoms with E-state index in [-0.39, 0.29) is 0 Å². The van der Waals surface area contributed by atoms with Gasteiger partial charge in [0.15, 0.2) is 0 Å². The molecule has 0 bridgehead atoms. The molecule has 0 radical (unpaired) electrons. The Morgan fingerprint density at radius 3 is 2.67 bits per heavy atom. The van der Waals surface area contributed by atoms with Crippen molar-refractivity contribution in [1.82, 2.24) is 0 Å². The van der Waals surface area contributed by atoms with E-state index < -0.39 is 0 Å². The topological polar surface area (TPSA) is 26.0 Å². The number of hydrogen-bond donors (Lipinski definition) is 1. The molecular weight excluding hydrogens is 270 g/mol. The number of fused-ring (bicyclic) bond motifs is 1. The highest BCUT2D eigenvalue weighted by Crippen LogP contribution is 2.44. The predicted octanol–water partition coefficient (Wildman–Crippen LogP) is 4.24. The zero-order valence-electron chi connectivity index (χ0n) is 9.56. The fraction of sp³-hybridized carbons (Fsp3) is 0.667. The molecule has 2 rings (SSSR count). The fourth-order valence-corrected chi connectivity index (χ4v) is 4.21. The minimum atomic E-state index is 0.420. The Kier molecular flexibility index (Phi) is 2.89. The minimum absolute atomic E-state index is 0.420. The number of halogens is 1. The maximum Gasteiger partial charge on any atom is 0.0933 e. The van der Waals surface area contributed by atoms with Crippen LogP contribution in [0.4, 0.5) is 5.69 Å². The van der Waals surface area contributed by atoms with Crippen LogP contribution in [0.1, 0.15) is 37.6 Å². The van der Waals surface area contributed by atoms with E-state index in [1.165, 1.54) is 23.3 Å². The van der Waals surface area contributed by atoms with Gasteiger partial charge in [-0.05, 0) is 52.1 Å². The van der Waals surface area contributed by atoms with Crippen LogP contribution >= 0.6 is 27.3 Å². The van der Waals surface area contributed by atoms with Crippen LogP contribution in [0.5, 0.6) is 0 Å². The quantitative estimate of drug-likeness (QED) is 0.759. The molecule has 1 atom stereocenters. The van der Waals surface area contributed by atoms with Crippen LogP contribution in [0, 0.1) is 11.3 Å². The third-order valence-corrected chi connectivity index (χ3v) is 5.46. The Morgan fingerprint density at radius 2 is 2.07 bits per heavy atom. The van der Waals surface area contributed by atoms with Crippen LogP contribution in [-0.4, -0.2) is 0 Å². The Bertz CT molecular complexity index is 376. The van der Waals surface area contributed by atoms with Gasteiger partial charge in [0.2, 0.25) is 0 Å². The number of nitrogens with two attached hydrogens (primary N) is 1. The van der Waals surface area contributed by atoms with Crippen LogP contribution in [0.25, 0.3) is 0 Å². The first-order valence-electron chi connectivity index (χ1n) is 5.45. The summed E-state index contributed by atoms with van der Waals surface area (Å²) in [6, 6.07) is 0. The van der Waals surface area contributed by atoms with Gasteiger partial charge in [-0.1, -0.05) is 20.8 Å². The molecule has 0 aliphatic heterocycles. The minimum Gasteiger partial charge on any atom is -0.397 e. The number of anilines is 1. The zero-order chi connectivity index (χ0) is 11.2. The average Bonchev–Trinajstić information content (AvgIpc) is 2.41. The van der Waals surface area contributed by atoms with Gasteiger partial charge in [-0.25, -0.2) is 0 Å². The molecular formula is C12H18BrNS. The number of nitrogen functional groups attached to an aromatic ring is 1. The highest BCUT2D eigenvalue weighted by atomic mass is 79.9. The highest BCUT2D eigenvalue weighted by molar-refractivity contribution is 9.11. The van der Waals surface area contributed by atoms with Crippen molar-refractivity contribution in [2.75, 3.05) is 5.73 Å². The molecule has 84 valence electrons. The Hall–Kier alpha value is -0.0200. The largest absolute Gasteiger partial charge is 0.397 e. The molecule has 0 fully saturated rings. The molecule has 1 heterocycles. The number of thiophene rings is 1. The number of rotatable bonds is 0. The number of hydrogen-bond acceptors (Lipinski definition) is 2. The lowest BCUT2D eigenvalue weighted by molar-refractivity contribution is 0.218. The summed E-state index contributed by atoms with van der Waals surface area (Å²) in [6.45, 7) is 7.03. The Labute approximate surface area is 104 Å². The van der Waals surface area contributed by atoms with Gasteiger partial charge in [-0.3, -0.25) is 0 Å². The summed E-state index contributed by atoms with van der Waals surface area (Å²) in [5.74, 6) is 0.801. The summed E-state index contributed by atoms with van der Waals surface area (Å²) in [4.78, 5) is 1.51. The molecule has 3 heteroatoms. The van der Waals surface area contributed by atoms with Gasteiger partial charge in [-0.15, -0.1) is 11.3 Å². The van der Waals surface area contributed by atoms with Crippen LogP contribution in [0.15, 0.2) is 3.79 Å². The van der Waals surface area contributed by atoms with Crippen molar-refractivity contribution >= 4 is 33.0 Å². The SMILES string of the molecule is CC(C)(C)C1CCc2c(sc(Br)c2N)C1. The molecule has 0 saturated carbocycles. The van der Waals surface area contributed by atoms with Crippen LogP contribution in [0.2, 0.25) is 0 Å². The first-order valence-corrected chi connectivity index (χ1v) is 7.06. The summed E-state index contributed by atoms with van der Waals surface area (Å²) >= 11 is 5.37. The van der Waals surface area contributed by atoms with E-state index in [9.17, 15) is 0 Å². The maximum absolute atomic E-state index is 6.04. The summed E-state index contributed by atoms with van der Waals surface area (Å²) in [6.07, 6.45) is 3.65. The Morgan fingerprint density at radius 1 is 1.40 bits per heavy atom. The summed E-state index contributed by atoms with van der Waals surface area (Å²) in [5.41, 5.74) is 8.86. The molecule has 15 heavy (non-hydrogen) atoms. The van der Waals surface area contributed by atoms with Gasteiger partial charge in [0, 0.05) is 4.88 Å². The molecule has 2 N–H and O–H groups in total. The molecule has 0 aromatic carbocycles. The van der Waals surface area contributed by atoms with E-state index in [0.29, 0.717) is 5.41 Å². The van der Waals surface area contributed by atoms with Gasteiger partial charge in [-0.2, -0.15) is 0 Å². The van der Waals surface area contributed by atoms with Gasteiger partial charge in [0.1, 0.15) is 0 Å².